The summed E-state index contributed by atoms with van der Waals surface area (Å²) in [5.41, 5.74) is 1.52. The zero-order valence-corrected chi connectivity index (χ0v) is 15.9. The Kier molecular flexibility index (Phi) is 4.77. The molecule has 0 spiro atoms. The lowest BCUT2D eigenvalue weighted by atomic mass is 10.0. The summed E-state index contributed by atoms with van der Waals surface area (Å²) < 4.78 is 6.94. The van der Waals surface area contributed by atoms with Gasteiger partial charge in [0.1, 0.15) is 11.3 Å². The monoisotopic (exact) mass is 381 g/mol. The van der Waals surface area contributed by atoms with Gasteiger partial charge in [-0.15, -0.1) is 0 Å². The van der Waals surface area contributed by atoms with Crippen molar-refractivity contribution in [1.82, 2.24) is 20.1 Å². The summed E-state index contributed by atoms with van der Waals surface area (Å²) in [6.07, 6.45) is 7.11. The van der Waals surface area contributed by atoms with Gasteiger partial charge in [0.15, 0.2) is 0 Å². The lowest BCUT2D eigenvalue weighted by molar-refractivity contribution is 0.0932. The number of rotatable bonds is 4. The first-order chi connectivity index (χ1) is 13.5. The first-order valence-electron chi connectivity index (χ1n) is 9.29. The second-order valence-corrected chi connectivity index (χ2v) is 7.07. The maximum absolute atomic E-state index is 12.8. The van der Waals surface area contributed by atoms with E-state index >= 15 is 0 Å². The Labute approximate surface area is 162 Å². The van der Waals surface area contributed by atoms with Crippen LogP contribution in [-0.2, 0) is 7.05 Å². The van der Waals surface area contributed by atoms with E-state index in [9.17, 15) is 9.59 Å². The zero-order chi connectivity index (χ0) is 19.7. The molecule has 0 saturated carbocycles. The molecule has 1 unspecified atom stereocenters. The molecule has 4 rings (SSSR count). The molecule has 1 atom stereocenters. The summed E-state index contributed by atoms with van der Waals surface area (Å²) in [5, 5.41) is 7.70. The van der Waals surface area contributed by atoms with E-state index < -0.39 is 0 Å². The largest absolute Gasteiger partial charge is 0.497 e. The standard InChI is InChI=1S/C20H23N5O3/c1-24-12-14(9-22-24)25-7-3-4-13(11-25)23-20(27)17-10-21-18-8-15(28-2)5-6-16(18)19(17)26/h5-6,8-10,12-13H,3-4,7,11H2,1-2H3,(H,21,26)(H,23,27). The minimum absolute atomic E-state index is 0.0209. The maximum atomic E-state index is 12.8. The molecule has 0 radical (unpaired) electrons. The number of aryl methyl sites for hydroxylation is 1. The van der Waals surface area contributed by atoms with Gasteiger partial charge in [-0.05, 0) is 25.0 Å². The summed E-state index contributed by atoms with van der Waals surface area (Å²) in [4.78, 5) is 30.7. The molecule has 146 valence electrons. The van der Waals surface area contributed by atoms with Crippen molar-refractivity contribution in [1.29, 1.82) is 0 Å². The molecule has 1 saturated heterocycles. The van der Waals surface area contributed by atoms with Crippen LogP contribution in [0.2, 0.25) is 0 Å². The molecule has 3 aromatic rings. The molecule has 1 amide bonds. The smallest absolute Gasteiger partial charge is 0.257 e. The second-order valence-electron chi connectivity index (χ2n) is 7.07. The lowest BCUT2D eigenvalue weighted by Gasteiger charge is -2.33. The van der Waals surface area contributed by atoms with Crippen LogP contribution in [0.15, 0.2) is 41.6 Å². The third-order valence-electron chi connectivity index (χ3n) is 5.15. The normalized spacial score (nSPS) is 16.9. The van der Waals surface area contributed by atoms with E-state index in [1.807, 2.05) is 19.4 Å². The summed E-state index contributed by atoms with van der Waals surface area (Å²) in [7, 11) is 3.45. The van der Waals surface area contributed by atoms with Crippen LogP contribution in [0.25, 0.3) is 10.9 Å². The zero-order valence-electron chi connectivity index (χ0n) is 15.9. The van der Waals surface area contributed by atoms with E-state index in [1.165, 1.54) is 6.20 Å². The number of fused-ring (bicyclic) bond motifs is 1. The van der Waals surface area contributed by atoms with Crippen LogP contribution in [0.4, 0.5) is 5.69 Å². The Bertz CT molecular complexity index is 1070. The van der Waals surface area contributed by atoms with E-state index in [-0.39, 0.29) is 22.9 Å². The van der Waals surface area contributed by atoms with Crippen molar-refractivity contribution in [2.24, 2.45) is 7.05 Å². The van der Waals surface area contributed by atoms with Gasteiger partial charge in [0.05, 0.1) is 24.5 Å². The number of ether oxygens (including phenoxy) is 1. The maximum Gasteiger partial charge on any atom is 0.257 e. The van der Waals surface area contributed by atoms with Gasteiger partial charge >= 0.3 is 0 Å². The molecule has 2 N–H and O–H groups in total. The Balaban J connectivity index is 1.51. The molecule has 8 nitrogen and oxygen atoms in total. The average molecular weight is 381 g/mol. The molecular formula is C20H23N5O3. The molecule has 1 aliphatic heterocycles. The predicted molar refractivity (Wildman–Crippen MR) is 107 cm³/mol. The fourth-order valence-electron chi connectivity index (χ4n) is 3.66. The van der Waals surface area contributed by atoms with Crippen molar-refractivity contribution < 1.29 is 9.53 Å². The molecule has 8 heteroatoms. The van der Waals surface area contributed by atoms with Gasteiger partial charge in [-0.2, -0.15) is 5.10 Å². The molecular weight excluding hydrogens is 358 g/mol. The highest BCUT2D eigenvalue weighted by Crippen LogP contribution is 2.20. The Morgan fingerprint density at radius 3 is 3.00 bits per heavy atom. The van der Waals surface area contributed by atoms with E-state index in [4.69, 9.17) is 4.74 Å². The molecule has 1 aromatic carbocycles. The number of piperidine rings is 1. The van der Waals surface area contributed by atoms with Crippen LogP contribution in [-0.4, -0.2) is 46.9 Å². The van der Waals surface area contributed by atoms with Crippen molar-refractivity contribution in [3.63, 3.8) is 0 Å². The summed E-state index contributed by atoms with van der Waals surface area (Å²) in [6, 6.07) is 5.11. The number of nitrogens with one attached hydrogen (secondary N) is 2. The molecule has 0 aliphatic carbocycles. The number of carbonyl (C=O) groups is 1. The molecule has 1 aliphatic rings. The van der Waals surface area contributed by atoms with Gasteiger partial charge in [-0.25, -0.2) is 0 Å². The molecule has 3 heterocycles. The highest BCUT2D eigenvalue weighted by molar-refractivity contribution is 5.97. The second kappa shape index (κ2) is 7.38. The number of anilines is 1. The topological polar surface area (TPSA) is 92.2 Å². The number of amides is 1. The van der Waals surface area contributed by atoms with E-state index in [0.29, 0.717) is 23.2 Å². The van der Waals surface area contributed by atoms with E-state index in [0.717, 1.165) is 25.1 Å². The number of hydrogen-bond acceptors (Lipinski definition) is 5. The van der Waals surface area contributed by atoms with Crippen LogP contribution in [0.3, 0.4) is 0 Å². The van der Waals surface area contributed by atoms with Crippen LogP contribution in [0.5, 0.6) is 5.75 Å². The lowest BCUT2D eigenvalue weighted by Crippen LogP contribution is -2.48. The van der Waals surface area contributed by atoms with Gasteiger partial charge in [0.2, 0.25) is 5.43 Å². The average Bonchev–Trinajstić information content (AvgIpc) is 3.14. The molecule has 0 bridgehead atoms. The quantitative estimate of drug-likeness (QED) is 0.717. The van der Waals surface area contributed by atoms with E-state index in [1.54, 1.807) is 30.0 Å². The van der Waals surface area contributed by atoms with Gasteiger partial charge in [0, 0.05) is 50.0 Å². The molecule has 1 fully saturated rings. The third-order valence-corrected chi connectivity index (χ3v) is 5.15. The minimum Gasteiger partial charge on any atom is -0.497 e. The van der Waals surface area contributed by atoms with Crippen LogP contribution in [0, 0.1) is 0 Å². The van der Waals surface area contributed by atoms with Crippen LogP contribution < -0.4 is 20.4 Å². The first kappa shape index (κ1) is 18.1. The van der Waals surface area contributed by atoms with Crippen molar-refractivity contribution in [3.8, 4) is 5.75 Å². The predicted octanol–water partition coefficient (Wildman–Crippen LogP) is 1.67. The summed E-state index contributed by atoms with van der Waals surface area (Å²) >= 11 is 0. The third kappa shape index (κ3) is 3.45. The highest BCUT2D eigenvalue weighted by Gasteiger charge is 2.24. The summed E-state index contributed by atoms with van der Waals surface area (Å²) in [6.45, 7) is 1.62. The van der Waals surface area contributed by atoms with Crippen molar-refractivity contribution in [3.05, 3.63) is 52.6 Å². The minimum atomic E-state index is -0.350. The molecule has 2 aromatic heterocycles. The van der Waals surface area contributed by atoms with Crippen LogP contribution in [0.1, 0.15) is 23.2 Å². The summed E-state index contributed by atoms with van der Waals surface area (Å²) in [5.74, 6) is 0.301. The van der Waals surface area contributed by atoms with Crippen LogP contribution >= 0.6 is 0 Å². The number of hydrogen-bond donors (Lipinski definition) is 2. The van der Waals surface area contributed by atoms with Crippen molar-refractivity contribution in [2.45, 2.75) is 18.9 Å². The fraction of sp³-hybridized carbons (Fsp3) is 0.350. The SMILES string of the molecule is COc1ccc2c(=O)c(C(=O)NC3CCCN(c4cnn(C)c4)C3)c[nH]c2c1. The number of nitrogens with zero attached hydrogens (tertiary/aromatic N) is 3. The van der Waals surface area contributed by atoms with Gasteiger partial charge in [-0.1, -0.05) is 0 Å². The Morgan fingerprint density at radius 1 is 1.39 bits per heavy atom. The van der Waals surface area contributed by atoms with Gasteiger partial charge < -0.3 is 19.9 Å². The highest BCUT2D eigenvalue weighted by atomic mass is 16.5. The number of aromatic nitrogens is 3. The number of carbonyl (C=O) groups excluding carboxylic acids is 1. The number of H-pyrrole nitrogens is 1. The number of methoxy groups -OCH3 is 1. The molecule has 28 heavy (non-hydrogen) atoms. The first-order valence-corrected chi connectivity index (χ1v) is 9.29. The van der Waals surface area contributed by atoms with Gasteiger partial charge in [0.25, 0.3) is 5.91 Å². The van der Waals surface area contributed by atoms with Crippen molar-refractivity contribution in [2.75, 3.05) is 25.1 Å². The Hall–Kier alpha value is -3.29. The Morgan fingerprint density at radius 2 is 2.25 bits per heavy atom. The van der Waals surface area contributed by atoms with E-state index in [2.05, 4.69) is 20.3 Å². The van der Waals surface area contributed by atoms with Gasteiger partial charge in [-0.3, -0.25) is 14.3 Å². The number of benzene rings is 1. The van der Waals surface area contributed by atoms with Crippen molar-refractivity contribution >= 4 is 22.5 Å². The fourth-order valence-corrected chi connectivity index (χ4v) is 3.66. The number of pyridine rings is 1. The number of aromatic amines is 1.